The Morgan fingerprint density at radius 3 is 2.74 bits per heavy atom. The van der Waals surface area contributed by atoms with E-state index in [4.69, 9.17) is 16.3 Å². The van der Waals surface area contributed by atoms with E-state index in [1.54, 1.807) is 36.1 Å². The van der Waals surface area contributed by atoms with E-state index in [0.717, 1.165) is 15.0 Å². The molecule has 0 atom stereocenters. The second-order valence-corrected chi connectivity index (χ2v) is 7.67. The standard InChI is InChI=1S/C18H16ClN3O4S/c1-2-26-18(25)21-8-7-12-13(9-21)27-15-14(12)16(23)22(17(24)20-15)11-5-3-10(19)4-6-11/h3-6H,2,7-9H2,1H3,(H,20,24). The lowest BCUT2D eigenvalue weighted by Crippen LogP contribution is -2.36. The normalized spacial score (nSPS) is 13.6. The Hall–Kier alpha value is -2.58. The van der Waals surface area contributed by atoms with Crippen LogP contribution in [0, 0.1) is 0 Å². The largest absolute Gasteiger partial charge is 0.450 e. The Morgan fingerprint density at radius 2 is 2.04 bits per heavy atom. The van der Waals surface area contributed by atoms with E-state index in [-0.39, 0.29) is 11.7 Å². The van der Waals surface area contributed by atoms with Gasteiger partial charge in [-0.1, -0.05) is 11.6 Å². The van der Waals surface area contributed by atoms with Crippen molar-refractivity contribution in [3.63, 3.8) is 0 Å². The van der Waals surface area contributed by atoms with Gasteiger partial charge in [-0.3, -0.25) is 9.78 Å². The van der Waals surface area contributed by atoms with Crippen molar-refractivity contribution in [2.45, 2.75) is 19.9 Å². The van der Waals surface area contributed by atoms with E-state index in [1.807, 2.05) is 0 Å². The van der Waals surface area contributed by atoms with Crippen LogP contribution in [-0.4, -0.2) is 33.7 Å². The summed E-state index contributed by atoms with van der Waals surface area (Å²) in [6.07, 6.45) is 0.170. The van der Waals surface area contributed by atoms with Crippen molar-refractivity contribution in [3.05, 3.63) is 60.6 Å². The first-order valence-corrected chi connectivity index (χ1v) is 9.66. The predicted molar refractivity (Wildman–Crippen MR) is 104 cm³/mol. The van der Waals surface area contributed by atoms with Gasteiger partial charge >= 0.3 is 11.8 Å². The third-order valence-corrected chi connectivity index (χ3v) is 5.89. The van der Waals surface area contributed by atoms with Gasteiger partial charge in [0.25, 0.3) is 5.56 Å². The van der Waals surface area contributed by atoms with Gasteiger partial charge in [0.15, 0.2) is 0 Å². The fourth-order valence-corrected chi connectivity index (χ4v) is 4.64. The Kier molecular flexibility index (Phi) is 4.53. The van der Waals surface area contributed by atoms with Gasteiger partial charge in [0.2, 0.25) is 0 Å². The van der Waals surface area contributed by atoms with Gasteiger partial charge in [-0.05, 0) is 43.2 Å². The van der Waals surface area contributed by atoms with E-state index >= 15 is 0 Å². The highest BCUT2D eigenvalue weighted by Crippen LogP contribution is 2.32. The quantitative estimate of drug-likeness (QED) is 0.710. The molecule has 1 amide bonds. The van der Waals surface area contributed by atoms with Gasteiger partial charge < -0.3 is 9.64 Å². The summed E-state index contributed by atoms with van der Waals surface area (Å²) in [5.74, 6) is 0. The minimum Gasteiger partial charge on any atom is -0.450 e. The molecular weight excluding hydrogens is 390 g/mol. The number of rotatable bonds is 2. The summed E-state index contributed by atoms with van der Waals surface area (Å²) in [6.45, 7) is 2.91. The molecule has 0 radical (unpaired) electrons. The van der Waals surface area contributed by atoms with Crippen molar-refractivity contribution in [1.82, 2.24) is 14.5 Å². The average Bonchev–Trinajstić information content (AvgIpc) is 3.00. The molecule has 2 aromatic heterocycles. The van der Waals surface area contributed by atoms with E-state index in [0.29, 0.717) is 47.0 Å². The number of fused-ring (bicyclic) bond motifs is 3. The summed E-state index contributed by atoms with van der Waals surface area (Å²) in [6, 6.07) is 6.53. The summed E-state index contributed by atoms with van der Waals surface area (Å²) < 4.78 is 6.17. The highest BCUT2D eigenvalue weighted by molar-refractivity contribution is 7.18. The van der Waals surface area contributed by atoms with Crippen LogP contribution in [-0.2, 0) is 17.7 Å². The van der Waals surface area contributed by atoms with Crippen molar-refractivity contribution < 1.29 is 9.53 Å². The molecule has 1 N–H and O–H groups in total. The summed E-state index contributed by atoms with van der Waals surface area (Å²) in [4.78, 5) is 43.4. The van der Waals surface area contributed by atoms with Crippen LogP contribution >= 0.6 is 22.9 Å². The van der Waals surface area contributed by atoms with Crippen LogP contribution in [0.4, 0.5) is 4.79 Å². The predicted octanol–water partition coefficient (Wildman–Crippen LogP) is 2.91. The molecule has 7 nitrogen and oxygen atoms in total. The molecule has 1 aliphatic heterocycles. The number of carbonyl (C=O) groups excluding carboxylic acids is 1. The number of halogens is 1. The fraction of sp³-hybridized carbons (Fsp3) is 0.278. The molecule has 3 aromatic rings. The number of thiophene rings is 1. The van der Waals surface area contributed by atoms with Gasteiger partial charge in [0.05, 0.1) is 24.2 Å². The maximum atomic E-state index is 13.1. The maximum absolute atomic E-state index is 13.1. The molecule has 0 unspecified atom stereocenters. The first kappa shape index (κ1) is 17.8. The molecule has 1 aromatic carbocycles. The topological polar surface area (TPSA) is 84.4 Å². The number of H-pyrrole nitrogens is 1. The zero-order valence-corrected chi connectivity index (χ0v) is 16.0. The number of carbonyl (C=O) groups is 1. The van der Waals surface area contributed by atoms with Crippen LogP contribution in [0.3, 0.4) is 0 Å². The zero-order valence-electron chi connectivity index (χ0n) is 14.5. The fourth-order valence-electron chi connectivity index (χ4n) is 3.27. The van der Waals surface area contributed by atoms with Gasteiger partial charge in [0, 0.05) is 16.4 Å². The minimum absolute atomic E-state index is 0.313. The van der Waals surface area contributed by atoms with E-state index in [2.05, 4.69) is 4.98 Å². The van der Waals surface area contributed by atoms with Gasteiger partial charge in [-0.15, -0.1) is 11.3 Å². The second-order valence-electron chi connectivity index (χ2n) is 6.13. The molecule has 0 saturated heterocycles. The molecule has 0 saturated carbocycles. The molecular formula is C18H16ClN3O4S. The minimum atomic E-state index is -0.504. The Morgan fingerprint density at radius 1 is 1.30 bits per heavy atom. The molecule has 1 aliphatic rings. The van der Waals surface area contributed by atoms with Crippen molar-refractivity contribution in [2.24, 2.45) is 0 Å². The summed E-state index contributed by atoms with van der Waals surface area (Å²) in [7, 11) is 0. The lowest BCUT2D eigenvalue weighted by atomic mass is 10.1. The summed E-state index contributed by atoms with van der Waals surface area (Å²) >= 11 is 7.23. The number of aromatic amines is 1. The number of aromatic nitrogens is 2. The van der Waals surface area contributed by atoms with Crippen LogP contribution in [0.15, 0.2) is 33.9 Å². The molecule has 3 heterocycles. The van der Waals surface area contributed by atoms with Crippen molar-refractivity contribution in [3.8, 4) is 5.69 Å². The molecule has 4 rings (SSSR count). The van der Waals surface area contributed by atoms with E-state index in [9.17, 15) is 14.4 Å². The zero-order chi connectivity index (χ0) is 19.1. The molecule has 0 aliphatic carbocycles. The van der Waals surface area contributed by atoms with Gasteiger partial charge in [-0.25, -0.2) is 14.2 Å². The molecule has 9 heteroatoms. The Bertz CT molecular complexity index is 1150. The van der Waals surface area contributed by atoms with Crippen LogP contribution in [0.25, 0.3) is 15.9 Å². The molecule has 27 heavy (non-hydrogen) atoms. The Balaban J connectivity index is 1.83. The number of benzene rings is 1. The lowest BCUT2D eigenvalue weighted by molar-refractivity contribution is 0.103. The van der Waals surface area contributed by atoms with Gasteiger partial charge in [-0.2, -0.15) is 0 Å². The third kappa shape index (κ3) is 3.04. The number of nitrogens with zero attached hydrogens (tertiary/aromatic N) is 2. The van der Waals surface area contributed by atoms with Crippen LogP contribution in [0.5, 0.6) is 0 Å². The van der Waals surface area contributed by atoms with Crippen molar-refractivity contribution in [1.29, 1.82) is 0 Å². The van der Waals surface area contributed by atoms with E-state index < -0.39 is 5.69 Å². The Labute approximate surface area is 162 Å². The number of hydrogen-bond acceptors (Lipinski definition) is 5. The highest BCUT2D eigenvalue weighted by atomic mass is 35.5. The van der Waals surface area contributed by atoms with Crippen molar-refractivity contribution >= 4 is 39.2 Å². The summed E-state index contributed by atoms with van der Waals surface area (Å²) in [5.41, 5.74) is 0.477. The number of hydrogen-bond donors (Lipinski definition) is 1. The van der Waals surface area contributed by atoms with Crippen LogP contribution < -0.4 is 11.2 Å². The third-order valence-electron chi connectivity index (χ3n) is 4.51. The van der Waals surface area contributed by atoms with Gasteiger partial charge in [0.1, 0.15) is 4.83 Å². The highest BCUT2D eigenvalue weighted by Gasteiger charge is 2.27. The maximum Gasteiger partial charge on any atom is 0.410 e. The molecule has 0 bridgehead atoms. The first-order valence-electron chi connectivity index (χ1n) is 8.46. The second kappa shape index (κ2) is 6.86. The van der Waals surface area contributed by atoms with Crippen molar-refractivity contribution in [2.75, 3.05) is 13.2 Å². The number of nitrogens with one attached hydrogen (secondary N) is 1. The summed E-state index contributed by atoms with van der Waals surface area (Å²) in [5, 5.41) is 1.03. The monoisotopic (exact) mass is 405 g/mol. The van der Waals surface area contributed by atoms with E-state index in [1.165, 1.54) is 11.3 Å². The lowest BCUT2D eigenvalue weighted by Gasteiger charge is -2.25. The van der Waals surface area contributed by atoms with Crippen LogP contribution in [0.2, 0.25) is 5.02 Å². The van der Waals surface area contributed by atoms with Crippen LogP contribution in [0.1, 0.15) is 17.4 Å². The molecule has 0 spiro atoms. The SMILES string of the molecule is CCOC(=O)N1CCc2c(sc3[nH]c(=O)n(-c4ccc(Cl)cc4)c(=O)c23)C1. The molecule has 0 fully saturated rings. The first-order chi connectivity index (χ1) is 13.0. The number of amides is 1. The number of ether oxygens (including phenoxy) is 1. The molecule has 140 valence electrons. The smallest absolute Gasteiger partial charge is 0.410 e. The average molecular weight is 406 g/mol.